The minimum absolute atomic E-state index is 0.0975. The number of carbonyl (C=O) groups excluding carboxylic acids is 1. The SMILES string of the molecule is CN(CCC(=O)c1cccc(Br)c1)c1ccc(F)cc1. The molecule has 0 aliphatic rings. The first kappa shape index (κ1) is 14.7. The number of rotatable bonds is 5. The van der Waals surface area contributed by atoms with E-state index < -0.39 is 0 Å². The van der Waals surface area contributed by atoms with Gasteiger partial charge in [0.25, 0.3) is 0 Å². The molecule has 0 saturated heterocycles. The van der Waals surface area contributed by atoms with Crippen molar-refractivity contribution >= 4 is 27.4 Å². The number of hydrogen-bond donors (Lipinski definition) is 0. The second kappa shape index (κ2) is 6.66. The Labute approximate surface area is 126 Å². The standard InChI is InChI=1S/C16H15BrFNO/c1-19(15-7-5-14(18)6-8-15)10-9-16(20)12-3-2-4-13(17)11-12/h2-8,11H,9-10H2,1H3. The van der Waals surface area contributed by atoms with Crippen LogP contribution in [0.15, 0.2) is 53.0 Å². The Morgan fingerprint density at radius 1 is 1.20 bits per heavy atom. The molecule has 0 unspecified atom stereocenters. The normalized spacial score (nSPS) is 10.3. The van der Waals surface area contributed by atoms with Crippen molar-refractivity contribution in [2.24, 2.45) is 0 Å². The minimum atomic E-state index is -0.257. The maximum atomic E-state index is 12.8. The number of nitrogens with zero attached hydrogens (tertiary/aromatic N) is 1. The molecule has 0 bridgehead atoms. The van der Waals surface area contributed by atoms with Crippen LogP contribution in [0.5, 0.6) is 0 Å². The van der Waals surface area contributed by atoms with Gasteiger partial charge in [-0.15, -0.1) is 0 Å². The molecule has 2 nitrogen and oxygen atoms in total. The van der Waals surface area contributed by atoms with Crippen molar-refractivity contribution in [2.45, 2.75) is 6.42 Å². The van der Waals surface area contributed by atoms with E-state index in [9.17, 15) is 9.18 Å². The van der Waals surface area contributed by atoms with Crippen molar-refractivity contribution in [3.05, 3.63) is 64.4 Å². The molecule has 0 aliphatic heterocycles. The van der Waals surface area contributed by atoms with Crippen LogP contribution in [0.4, 0.5) is 10.1 Å². The van der Waals surface area contributed by atoms with Crippen LogP contribution in [0.25, 0.3) is 0 Å². The lowest BCUT2D eigenvalue weighted by atomic mass is 10.1. The maximum Gasteiger partial charge on any atom is 0.164 e. The molecule has 0 radical (unpaired) electrons. The molecule has 0 aromatic heterocycles. The van der Waals surface area contributed by atoms with Gasteiger partial charge < -0.3 is 4.90 Å². The fourth-order valence-corrected chi connectivity index (χ4v) is 2.30. The van der Waals surface area contributed by atoms with Gasteiger partial charge in [0.05, 0.1) is 0 Å². The number of anilines is 1. The molecule has 0 heterocycles. The van der Waals surface area contributed by atoms with Crippen molar-refractivity contribution < 1.29 is 9.18 Å². The molecule has 20 heavy (non-hydrogen) atoms. The first-order chi connectivity index (χ1) is 9.56. The number of carbonyl (C=O) groups is 1. The summed E-state index contributed by atoms with van der Waals surface area (Å²) in [6.07, 6.45) is 0.421. The van der Waals surface area contributed by atoms with Gasteiger partial charge in [-0.1, -0.05) is 28.1 Å². The molecule has 2 aromatic carbocycles. The van der Waals surface area contributed by atoms with E-state index in [0.717, 1.165) is 10.2 Å². The molecule has 4 heteroatoms. The zero-order valence-electron chi connectivity index (χ0n) is 11.1. The quantitative estimate of drug-likeness (QED) is 0.759. The predicted octanol–water partition coefficient (Wildman–Crippen LogP) is 4.30. The van der Waals surface area contributed by atoms with E-state index >= 15 is 0 Å². The van der Waals surface area contributed by atoms with Crippen LogP contribution in [0.1, 0.15) is 16.8 Å². The molecular formula is C16H15BrFNO. The third-order valence-electron chi connectivity index (χ3n) is 3.09. The molecule has 0 aliphatic carbocycles. The van der Waals surface area contributed by atoms with E-state index in [1.807, 2.05) is 36.2 Å². The Bertz CT molecular complexity index is 598. The molecular weight excluding hydrogens is 321 g/mol. The average Bonchev–Trinajstić information content (AvgIpc) is 2.45. The molecule has 0 spiro atoms. The Kier molecular flexibility index (Phi) is 4.90. The van der Waals surface area contributed by atoms with Crippen LogP contribution in [-0.4, -0.2) is 19.4 Å². The lowest BCUT2D eigenvalue weighted by molar-refractivity contribution is 0.0985. The van der Waals surface area contributed by atoms with Gasteiger partial charge >= 0.3 is 0 Å². The lowest BCUT2D eigenvalue weighted by Gasteiger charge is -2.18. The van der Waals surface area contributed by atoms with Crippen LogP contribution in [0.2, 0.25) is 0 Å². The van der Waals surface area contributed by atoms with Gasteiger partial charge in [0.15, 0.2) is 5.78 Å². The third-order valence-corrected chi connectivity index (χ3v) is 3.58. The lowest BCUT2D eigenvalue weighted by Crippen LogP contribution is -2.21. The van der Waals surface area contributed by atoms with Crippen LogP contribution < -0.4 is 4.90 Å². The Hall–Kier alpha value is -1.68. The number of benzene rings is 2. The fourth-order valence-electron chi connectivity index (χ4n) is 1.90. The van der Waals surface area contributed by atoms with E-state index in [4.69, 9.17) is 0 Å². The van der Waals surface area contributed by atoms with Crippen LogP contribution in [0, 0.1) is 5.82 Å². The van der Waals surface area contributed by atoms with E-state index in [1.165, 1.54) is 12.1 Å². The van der Waals surface area contributed by atoms with Crippen molar-refractivity contribution in [3.8, 4) is 0 Å². The van der Waals surface area contributed by atoms with Crippen molar-refractivity contribution in [1.82, 2.24) is 0 Å². The van der Waals surface area contributed by atoms with E-state index in [1.54, 1.807) is 12.1 Å². The number of hydrogen-bond acceptors (Lipinski definition) is 2. The van der Waals surface area contributed by atoms with Crippen molar-refractivity contribution in [1.29, 1.82) is 0 Å². The van der Waals surface area contributed by atoms with Crippen LogP contribution in [0.3, 0.4) is 0 Å². The molecule has 0 amide bonds. The Morgan fingerprint density at radius 2 is 1.90 bits per heavy atom. The molecule has 0 N–H and O–H groups in total. The summed E-state index contributed by atoms with van der Waals surface area (Å²) in [6, 6.07) is 13.6. The smallest absolute Gasteiger partial charge is 0.164 e. The van der Waals surface area contributed by atoms with Crippen molar-refractivity contribution in [3.63, 3.8) is 0 Å². The summed E-state index contributed by atoms with van der Waals surface area (Å²) in [6.45, 7) is 0.594. The van der Waals surface area contributed by atoms with Gasteiger partial charge in [0.1, 0.15) is 5.82 Å². The maximum absolute atomic E-state index is 12.8. The molecule has 104 valence electrons. The van der Waals surface area contributed by atoms with Crippen LogP contribution in [-0.2, 0) is 0 Å². The summed E-state index contributed by atoms with van der Waals surface area (Å²) in [5, 5.41) is 0. The highest BCUT2D eigenvalue weighted by Crippen LogP contribution is 2.16. The first-order valence-electron chi connectivity index (χ1n) is 6.32. The highest BCUT2D eigenvalue weighted by molar-refractivity contribution is 9.10. The van der Waals surface area contributed by atoms with E-state index in [-0.39, 0.29) is 11.6 Å². The van der Waals surface area contributed by atoms with Gasteiger partial charge in [0.2, 0.25) is 0 Å². The average molecular weight is 336 g/mol. The van der Waals surface area contributed by atoms with Crippen LogP contribution >= 0.6 is 15.9 Å². The molecule has 0 fully saturated rings. The summed E-state index contributed by atoms with van der Waals surface area (Å²) < 4.78 is 13.7. The summed E-state index contributed by atoms with van der Waals surface area (Å²) in [4.78, 5) is 14.0. The highest BCUT2D eigenvalue weighted by Gasteiger charge is 2.08. The van der Waals surface area contributed by atoms with Gasteiger partial charge in [-0.2, -0.15) is 0 Å². The van der Waals surface area contributed by atoms with Gasteiger partial charge in [-0.25, -0.2) is 4.39 Å². The molecule has 0 saturated carbocycles. The topological polar surface area (TPSA) is 20.3 Å². The number of Topliss-reactive ketones (excluding diaryl/α,β-unsaturated/α-hetero) is 1. The first-order valence-corrected chi connectivity index (χ1v) is 7.11. The van der Waals surface area contributed by atoms with Gasteiger partial charge in [0, 0.05) is 35.7 Å². The van der Waals surface area contributed by atoms with Gasteiger partial charge in [-0.3, -0.25) is 4.79 Å². The summed E-state index contributed by atoms with van der Waals surface area (Å²) in [5.74, 6) is -0.160. The van der Waals surface area contributed by atoms with E-state index in [0.29, 0.717) is 18.5 Å². The number of halogens is 2. The van der Waals surface area contributed by atoms with Crippen molar-refractivity contribution in [2.75, 3.05) is 18.5 Å². The Balaban J connectivity index is 1.94. The second-order valence-corrected chi connectivity index (χ2v) is 5.50. The fraction of sp³-hybridized carbons (Fsp3) is 0.188. The summed E-state index contributed by atoms with van der Waals surface area (Å²) in [5.41, 5.74) is 1.60. The zero-order chi connectivity index (χ0) is 14.5. The molecule has 2 aromatic rings. The summed E-state index contributed by atoms with van der Waals surface area (Å²) >= 11 is 3.36. The van der Waals surface area contributed by atoms with E-state index in [2.05, 4.69) is 15.9 Å². The van der Waals surface area contributed by atoms with Gasteiger partial charge in [-0.05, 0) is 36.4 Å². The third kappa shape index (κ3) is 3.90. The largest absolute Gasteiger partial charge is 0.374 e. The number of ketones is 1. The molecule has 2 rings (SSSR count). The Morgan fingerprint density at radius 3 is 2.55 bits per heavy atom. The zero-order valence-corrected chi connectivity index (χ0v) is 12.7. The minimum Gasteiger partial charge on any atom is -0.374 e. The monoisotopic (exact) mass is 335 g/mol. The highest BCUT2D eigenvalue weighted by atomic mass is 79.9. The summed E-state index contributed by atoms with van der Waals surface area (Å²) in [7, 11) is 1.89. The molecule has 0 atom stereocenters. The second-order valence-electron chi connectivity index (χ2n) is 4.58. The predicted molar refractivity (Wildman–Crippen MR) is 82.8 cm³/mol.